The molecule has 2 saturated heterocycles. The van der Waals surface area contributed by atoms with Crippen molar-refractivity contribution in [2.24, 2.45) is 5.92 Å². The molecule has 7 heteroatoms. The lowest BCUT2D eigenvalue weighted by atomic mass is 9.92. The molecule has 25 heavy (non-hydrogen) atoms. The van der Waals surface area contributed by atoms with E-state index in [1.165, 1.54) is 19.3 Å². The fourth-order valence-electron chi connectivity index (χ4n) is 4.52. The number of carbonyl (C=O) groups is 1. The zero-order valence-corrected chi connectivity index (χ0v) is 14.9. The van der Waals surface area contributed by atoms with Crippen LogP contribution in [0.3, 0.4) is 0 Å². The molecule has 138 valence electrons. The third kappa shape index (κ3) is 3.98. The highest BCUT2D eigenvalue weighted by Gasteiger charge is 2.37. The van der Waals surface area contributed by atoms with E-state index < -0.39 is 0 Å². The summed E-state index contributed by atoms with van der Waals surface area (Å²) in [6, 6.07) is 0.495. The van der Waals surface area contributed by atoms with E-state index in [4.69, 9.17) is 4.74 Å². The van der Waals surface area contributed by atoms with Gasteiger partial charge in [0.05, 0.1) is 31.6 Å². The molecule has 0 radical (unpaired) electrons. The average molecular weight is 347 g/mol. The minimum atomic E-state index is 0.0457. The predicted molar refractivity (Wildman–Crippen MR) is 95.6 cm³/mol. The highest BCUT2D eigenvalue weighted by atomic mass is 16.5. The standard InChI is InChI=1S/C18H29N5O2/c24-18(23-6-2-4-15-3-1-5-17(15)23)20-16-13-19-22(14-16)8-7-21-9-11-25-12-10-21/h13-15,17H,1-12H2,(H,20,24)/t15-,17+/m0/s1. The summed E-state index contributed by atoms with van der Waals surface area (Å²) in [6.45, 7) is 6.30. The second kappa shape index (κ2) is 7.74. The first kappa shape index (κ1) is 16.8. The first-order valence-corrected chi connectivity index (χ1v) is 9.70. The van der Waals surface area contributed by atoms with Crippen molar-refractivity contribution in [3.63, 3.8) is 0 Å². The molecule has 4 rings (SSSR count). The molecule has 0 bridgehead atoms. The maximum absolute atomic E-state index is 12.7. The van der Waals surface area contributed by atoms with Gasteiger partial charge in [-0.15, -0.1) is 0 Å². The largest absolute Gasteiger partial charge is 0.379 e. The number of urea groups is 1. The summed E-state index contributed by atoms with van der Waals surface area (Å²) in [6.07, 6.45) is 9.83. The molecule has 0 spiro atoms. The zero-order valence-electron chi connectivity index (χ0n) is 14.9. The van der Waals surface area contributed by atoms with Gasteiger partial charge in [-0.05, 0) is 31.6 Å². The van der Waals surface area contributed by atoms with Crippen LogP contribution in [-0.4, -0.2) is 71.0 Å². The molecule has 7 nitrogen and oxygen atoms in total. The fourth-order valence-corrected chi connectivity index (χ4v) is 4.52. The van der Waals surface area contributed by atoms with Crippen LogP contribution >= 0.6 is 0 Å². The second-order valence-corrected chi connectivity index (χ2v) is 7.47. The van der Waals surface area contributed by atoms with Crippen molar-refractivity contribution in [1.29, 1.82) is 0 Å². The number of anilines is 1. The van der Waals surface area contributed by atoms with E-state index in [0.29, 0.717) is 6.04 Å². The molecule has 1 aliphatic carbocycles. The summed E-state index contributed by atoms with van der Waals surface area (Å²) in [7, 11) is 0. The number of aromatic nitrogens is 2. The van der Waals surface area contributed by atoms with E-state index in [1.807, 2.05) is 10.9 Å². The molecule has 1 aromatic heterocycles. The van der Waals surface area contributed by atoms with Gasteiger partial charge in [0.1, 0.15) is 0 Å². The molecular weight excluding hydrogens is 318 g/mol. The van der Waals surface area contributed by atoms with Gasteiger partial charge in [0.25, 0.3) is 0 Å². The van der Waals surface area contributed by atoms with Crippen LogP contribution in [0, 0.1) is 5.92 Å². The Morgan fingerprint density at radius 1 is 1.16 bits per heavy atom. The smallest absolute Gasteiger partial charge is 0.322 e. The first-order valence-electron chi connectivity index (χ1n) is 9.70. The lowest BCUT2D eigenvalue weighted by Crippen LogP contribution is -2.48. The van der Waals surface area contributed by atoms with Gasteiger partial charge in [-0.25, -0.2) is 4.79 Å². The summed E-state index contributed by atoms with van der Waals surface area (Å²) in [4.78, 5) is 17.1. The number of fused-ring (bicyclic) bond motifs is 1. The number of nitrogens with zero attached hydrogens (tertiary/aromatic N) is 4. The van der Waals surface area contributed by atoms with Crippen LogP contribution in [0.25, 0.3) is 0 Å². The number of nitrogens with one attached hydrogen (secondary N) is 1. The van der Waals surface area contributed by atoms with Gasteiger partial charge in [-0.3, -0.25) is 9.58 Å². The Morgan fingerprint density at radius 2 is 2.00 bits per heavy atom. The number of amides is 2. The van der Waals surface area contributed by atoms with Gasteiger partial charge < -0.3 is 15.0 Å². The molecule has 2 amide bonds. The van der Waals surface area contributed by atoms with E-state index in [9.17, 15) is 4.79 Å². The van der Waals surface area contributed by atoms with E-state index in [1.54, 1.807) is 6.20 Å². The fraction of sp³-hybridized carbons (Fsp3) is 0.778. The Bertz CT molecular complexity index is 584. The Kier molecular flexibility index (Phi) is 5.22. The van der Waals surface area contributed by atoms with Crippen LogP contribution in [0.15, 0.2) is 12.4 Å². The SMILES string of the molecule is O=C(Nc1cnn(CCN2CCOCC2)c1)N1CCC[C@@H]2CCC[C@H]21. The van der Waals surface area contributed by atoms with Gasteiger partial charge in [0, 0.05) is 38.4 Å². The Hall–Kier alpha value is -1.60. The van der Waals surface area contributed by atoms with E-state index in [2.05, 4.69) is 20.2 Å². The van der Waals surface area contributed by atoms with Crippen LogP contribution in [0.1, 0.15) is 32.1 Å². The van der Waals surface area contributed by atoms with Crippen LogP contribution in [0.5, 0.6) is 0 Å². The molecule has 2 atom stereocenters. The third-order valence-corrected chi connectivity index (χ3v) is 5.89. The van der Waals surface area contributed by atoms with E-state index in [-0.39, 0.29) is 6.03 Å². The van der Waals surface area contributed by atoms with Crippen molar-refractivity contribution in [3.05, 3.63) is 12.4 Å². The quantitative estimate of drug-likeness (QED) is 0.905. The Morgan fingerprint density at radius 3 is 2.88 bits per heavy atom. The lowest BCUT2D eigenvalue weighted by molar-refractivity contribution is 0.0360. The number of likely N-dealkylation sites (tertiary alicyclic amines) is 1. The van der Waals surface area contributed by atoms with Gasteiger partial charge in [-0.2, -0.15) is 5.10 Å². The van der Waals surface area contributed by atoms with Crippen molar-refractivity contribution in [2.75, 3.05) is 44.7 Å². The highest BCUT2D eigenvalue weighted by Crippen LogP contribution is 2.36. The number of hydrogen-bond donors (Lipinski definition) is 1. The normalized spacial score (nSPS) is 27.3. The molecule has 3 aliphatic rings. The van der Waals surface area contributed by atoms with Crippen molar-refractivity contribution < 1.29 is 9.53 Å². The molecule has 1 saturated carbocycles. The molecule has 3 fully saturated rings. The summed E-state index contributed by atoms with van der Waals surface area (Å²) >= 11 is 0. The summed E-state index contributed by atoms with van der Waals surface area (Å²) in [5.74, 6) is 0.718. The van der Waals surface area contributed by atoms with Gasteiger partial charge in [0.15, 0.2) is 0 Å². The van der Waals surface area contributed by atoms with Crippen LogP contribution in [-0.2, 0) is 11.3 Å². The van der Waals surface area contributed by atoms with Crippen molar-refractivity contribution >= 4 is 11.7 Å². The maximum atomic E-state index is 12.7. The number of rotatable bonds is 4. The van der Waals surface area contributed by atoms with Crippen molar-refractivity contribution in [3.8, 4) is 0 Å². The summed E-state index contributed by atoms with van der Waals surface area (Å²) < 4.78 is 7.29. The van der Waals surface area contributed by atoms with E-state index >= 15 is 0 Å². The first-order chi connectivity index (χ1) is 12.3. The molecule has 1 aromatic rings. The topological polar surface area (TPSA) is 62.6 Å². The van der Waals surface area contributed by atoms with Crippen LogP contribution in [0.2, 0.25) is 0 Å². The molecule has 2 aliphatic heterocycles. The minimum absolute atomic E-state index is 0.0457. The molecular formula is C18H29N5O2. The van der Waals surface area contributed by atoms with Crippen molar-refractivity contribution in [1.82, 2.24) is 19.6 Å². The van der Waals surface area contributed by atoms with Gasteiger partial charge in [0.2, 0.25) is 0 Å². The number of carbonyl (C=O) groups excluding carboxylic acids is 1. The molecule has 3 heterocycles. The minimum Gasteiger partial charge on any atom is -0.379 e. The third-order valence-electron chi connectivity index (χ3n) is 5.89. The zero-order chi connectivity index (χ0) is 17.1. The number of morpholine rings is 1. The second-order valence-electron chi connectivity index (χ2n) is 7.47. The average Bonchev–Trinajstić information content (AvgIpc) is 3.29. The number of hydrogen-bond acceptors (Lipinski definition) is 4. The Labute approximate surface area is 149 Å². The van der Waals surface area contributed by atoms with Crippen LogP contribution < -0.4 is 5.32 Å². The van der Waals surface area contributed by atoms with Gasteiger partial charge in [-0.1, -0.05) is 6.42 Å². The molecule has 1 N–H and O–H groups in total. The lowest BCUT2D eigenvalue weighted by Gasteiger charge is -2.37. The molecule has 0 unspecified atom stereocenters. The number of piperidine rings is 1. The van der Waals surface area contributed by atoms with Crippen molar-refractivity contribution in [2.45, 2.75) is 44.7 Å². The van der Waals surface area contributed by atoms with Crippen LogP contribution in [0.4, 0.5) is 10.5 Å². The number of ether oxygens (including phenoxy) is 1. The highest BCUT2D eigenvalue weighted by molar-refractivity contribution is 5.89. The summed E-state index contributed by atoms with van der Waals surface area (Å²) in [5, 5.41) is 7.44. The predicted octanol–water partition coefficient (Wildman–Crippen LogP) is 2.01. The maximum Gasteiger partial charge on any atom is 0.322 e. The van der Waals surface area contributed by atoms with E-state index in [0.717, 1.165) is 70.4 Å². The monoisotopic (exact) mass is 347 g/mol. The van der Waals surface area contributed by atoms with Gasteiger partial charge >= 0.3 is 6.03 Å². The Balaban J connectivity index is 1.29. The summed E-state index contributed by atoms with van der Waals surface area (Å²) in [5.41, 5.74) is 0.798. The molecule has 0 aromatic carbocycles.